The number of pyridine rings is 1. The van der Waals surface area contributed by atoms with Crippen molar-refractivity contribution in [2.75, 3.05) is 18.5 Å². The molecule has 2 heterocycles. The highest BCUT2D eigenvalue weighted by molar-refractivity contribution is 5.94. The van der Waals surface area contributed by atoms with Crippen molar-refractivity contribution in [3.8, 4) is 0 Å². The SMILES string of the molecule is CN1CCCc2ncc3ccccc3c21. The van der Waals surface area contributed by atoms with E-state index in [9.17, 15) is 0 Å². The normalized spacial score (nSPS) is 15.4. The van der Waals surface area contributed by atoms with Crippen molar-refractivity contribution >= 4 is 16.5 Å². The second-order valence-corrected chi connectivity index (χ2v) is 4.17. The van der Waals surface area contributed by atoms with Crippen LogP contribution in [-0.4, -0.2) is 18.6 Å². The molecule has 0 saturated carbocycles. The molecular weight excluding hydrogens is 184 g/mol. The molecular formula is C13H14N2. The van der Waals surface area contributed by atoms with Gasteiger partial charge in [0.15, 0.2) is 0 Å². The number of fused-ring (bicyclic) bond motifs is 3. The van der Waals surface area contributed by atoms with E-state index in [4.69, 9.17) is 0 Å². The molecule has 0 radical (unpaired) electrons. The predicted molar refractivity (Wildman–Crippen MR) is 63.3 cm³/mol. The highest BCUT2D eigenvalue weighted by atomic mass is 15.1. The van der Waals surface area contributed by atoms with Crippen LogP contribution in [0.2, 0.25) is 0 Å². The molecule has 76 valence electrons. The van der Waals surface area contributed by atoms with Crippen molar-refractivity contribution in [3.05, 3.63) is 36.2 Å². The molecule has 0 fully saturated rings. The Labute approximate surface area is 89.5 Å². The Hall–Kier alpha value is -1.57. The third kappa shape index (κ3) is 1.29. The minimum atomic E-state index is 1.12. The molecule has 0 amide bonds. The third-order valence-electron chi connectivity index (χ3n) is 3.14. The fraction of sp³-hybridized carbons (Fsp3) is 0.308. The Morgan fingerprint density at radius 1 is 1.27 bits per heavy atom. The second-order valence-electron chi connectivity index (χ2n) is 4.17. The Balaban J connectivity index is 2.35. The summed E-state index contributed by atoms with van der Waals surface area (Å²) >= 11 is 0. The molecule has 0 aliphatic carbocycles. The van der Waals surface area contributed by atoms with Gasteiger partial charge >= 0.3 is 0 Å². The molecule has 0 unspecified atom stereocenters. The van der Waals surface area contributed by atoms with Crippen molar-refractivity contribution in [3.63, 3.8) is 0 Å². The highest BCUT2D eigenvalue weighted by Gasteiger charge is 2.17. The fourth-order valence-corrected chi connectivity index (χ4v) is 2.39. The van der Waals surface area contributed by atoms with Crippen molar-refractivity contribution in [2.45, 2.75) is 12.8 Å². The van der Waals surface area contributed by atoms with E-state index in [0.29, 0.717) is 0 Å². The Morgan fingerprint density at radius 2 is 2.13 bits per heavy atom. The van der Waals surface area contributed by atoms with E-state index in [2.05, 4.69) is 41.2 Å². The van der Waals surface area contributed by atoms with Crippen LogP contribution in [0.25, 0.3) is 10.8 Å². The number of hydrogen-bond donors (Lipinski definition) is 0. The van der Waals surface area contributed by atoms with Crippen LogP contribution in [-0.2, 0) is 6.42 Å². The Kier molecular flexibility index (Phi) is 1.88. The van der Waals surface area contributed by atoms with Crippen LogP contribution in [0.4, 0.5) is 5.69 Å². The largest absolute Gasteiger partial charge is 0.373 e. The molecule has 2 aromatic rings. The minimum absolute atomic E-state index is 1.12. The van der Waals surface area contributed by atoms with E-state index >= 15 is 0 Å². The van der Waals surface area contributed by atoms with Gasteiger partial charge in [0.25, 0.3) is 0 Å². The Bertz CT molecular complexity index is 505. The van der Waals surface area contributed by atoms with Gasteiger partial charge in [0.2, 0.25) is 0 Å². The summed E-state index contributed by atoms with van der Waals surface area (Å²) in [6, 6.07) is 8.49. The maximum absolute atomic E-state index is 4.56. The lowest BCUT2D eigenvalue weighted by molar-refractivity contribution is 0.729. The van der Waals surface area contributed by atoms with E-state index in [1.807, 2.05) is 6.20 Å². The average Bonchev–Trinajstić information content (AvgIpc) is 2.29. The molecule has 0 bridgehead atoms. The van der Waals surface area contributed by atoms with Crippen molar-refractivity contribution in [1.82, 2.24) is 4.98 Å². The van der Waals surface area contributed by atoms with Gasteiger partial charge in [-0.25, -0.2) is 0 Å². The molecule has 1 aromatic carbocycles. The quantitative estimate of drug-likeness (QED) is 0.647. The predicted octanol–water partition coefficient (Wildman–Crippen LogP) is 2.62. The van der Waals surface area contributed by atoms with Gasteiger partial charge in [-0.1, -0.05) is 24.3 Å². The van der Waals surface area contributed by atoms with Gasteiger partial charge in [-0.15, -0.1) is 0 Å². The van der Waals surface area contributed by atoms with Crippen LogP contribution in [0, 0.1) is 0 Å². The first-order valence-electron chi connectivity index (χ1n) is 5.44. The number of hydrogen-bond acceptors (Lipinski definition) is 2. The van der Waals surface area contributed by atoms with E-state index < -0.39 is 0 Å². The monoisotopic (exact) mass is 198 g/mol. The van der Waals surface area contributed by atoms with Crippen LogP contribution >= 0.6 is 0 Å². The Morgan fingerprint density at radius 3 is 3.07 bits per heavy atom. The summed E-state index contributed by atoms with van der Waals surface area (Å²) in [7, 11) is 2.16. The van der Waals surface area contributed by atoms with Gasteiger partial charge in [-0.2, -0.15) is 0 Å². The first-order valence-corrected chi connectivity index (χ1v) is 5.44. The zero-order valence-electron chi connectivity index (χ0n) is 8.90. The van der Waals surface area contributed by atoms with Gasteiger partial charge < -0.3 is 4.90 Å². The van der Waals surface area contributed by atoms with Crippen molar-refractivity contribution < 1.29 is 0 Å². The van der Waals surface area contributed by atoms with Gasteiger partial charge in [0.1, 0.15) is 0 Å². The molecule has 2 nitrogen and oxygen atoms in total. The molecule has 15 heavy (non-hydrogen) atoms. The highest BCUT2D eigenvalue weighted by Crippen LogP contribution is 2.31. The third-order valence-corrected chi connectivity index (χ3v) is 3.14. The zero-order chi connectivity index (χ0) is 10.3. The van der Waals surface area contributed by atoms with Crippen LogP contribution in [0.1, 0.15) is 12.1 Å². The van der Waals surface area contributed by atoms with Crippen molar-refractivity contribution in [2.24, 2.45) is 0 Å². The number of nitrogens with zero attached hydrogens (tertiary/aromatic N) is 2. The van der Waals surface area contributed by atoms with Gasteiger partial charge in [-0.05, 0) is 12.8 Å². The molecule has 1 aliphatic rings. The molecule has 0 spiro atoms. The maximum Gasteiger partial charge on any atom is 0.0662 e. The molecule has 2 heteroatoms. The second kappa shape index (κ2) is 3.23. The van der Waals surface area contributed by atoms with Gasteiger partial charge in [0, 0.05) is 30.6 Å². The van der Waals surface area contributed by atoms with E-state index in [1.54, 1.807) is 0 Å². The average molecular weight is 198 g/mol. The van der Waals surface area contributed by atoms with Crippen molar-refractivity contribution in [1.29, 1.82) is 0 Å². The maximum atomic E-state index is 4.56. The van der Waals surface area contributed by atoms with Crippen LogP contribution in [0.15, 0.2) is 30.5 Å². The number of aromatic nitrogens is 1. The van der Waals surface area contributed by atoms with Crippen LogP contribution < -0.4 is 4.90 Å². The van der Waals surface area contributed by atoms with E-state index in [0.717, 1.165) is 13.0 Å². The molecule has 0 atom stereocenters. The molecule has 0 saturated heterocycles. The molecule has 3 rings (SSSR count). The lowest BCUT2D eigenvalue weighted by atomic mass is 10.0. The van der Waals surface area contributed by atoms with E-state index in [1.165, 1.54) is 28.6 Å². The minimum Gasteiger partial charge on any atom is -0.373 e. The smallest absolute Gasteiger partial charge is 0.0662 e. The van der Waals surface area contributed by atoms with Crippen LogP contribution in [0.3, 0.4) is 0 Å². The lowest BCUT2D eigenvalue weighted by Gasteiger charge is -2.27. The fourth-order valence-electron chi connectivity index (χ4n) is 2.39. The summed E-state index contributed by atoms with van der Waals surface area (Å²) in [5.41, 5.74) is 2.59. The summed E-state index contributed by atoms with van der Waals surface area (Å²) in [5, 5.41) is 2.58. The molecule has 0 N–H and O–H groups in total. The first kappa shape index (κ1) is 8.72. The zero-order valence-corrected chi connectivity index (χ0v) is 8.90. The lowest BCUT2D eigenvalue weighted by Crippen LogP contribution is -2.25. The summed E-state index contributed by atoms with van der Waals surface area (Å²) in [6.45, 7) is 1.14. The van der Waals surface area contributed by atoms with Gasteiger partial charge in [0.05, 0.1) is 11.4 Å². The van der Waals surface area contributed by atoms with E-state index in [-0.39, 0.29) is 0 Å². The standard InChI is InChI=1S/C13H14N2/c1-15-8-4-7-12-13(15)11-6-3-2-5-10(11)9-14-12/h2-3,5-6,9H,4,7-8H2,1H3. The molecule has 1 aromatic heterocycles. The topological polar surface area (TPSA) is 16.1 Å². The summed E-state index contributed by atoms with van der Waals surface area (Å²) in [4.78, 5) is 6.88. The summed E-state index contributed by atoms with van der Waals surface area (Å²) in [5.74, 6) is 0. The molecule has 1 aliphatic heterocycles. The van der Waals surface area contributed by atoms with Crippen LogP contribution in [0.5, 0.6) is 0 Å². The summed E-state index contributed by atoms with van der Waals surface area (Å²) < 4.78 is 0. The number of aryl methyl sites for hydroxylation is 1. The number of benzene rings is 1. The summed E-state index contributed by atoms with van der Waals surface area (Å²) in [6.07, 6.45) is 4.33. The first-order chi connectivity index (χ1) is 7.36. The number of rotatable bonds is 0. The number of anilines is 1. The van der Waals surface area contributed by atoms with Gasteiger partial charge in [-0.3, -0.25) is 4.98 Å².